The Morgan fingerprint density at radius 3 is 2.73 bits per heavy atom. The zero-order valence-electron chi connectivity index (χ0n) is 14.2. The van der Waals surface area contributed by atoms with E-state index in [4.69, 9.17) is 9.47 Å². The molecule has 3 rings (SSSR count). The van der Waals surface area contributed by atoms with E-state index < -0.39 is 17.5 Å². The van der Waals surface area contributed by atoms with Crippen molar-refractivity contribution in [2.75, 3.05) is 25.6 Å². The Hall–Kier alpha value is -3.00. The third-order valence-corrected chi connectivity index (χ3v) is 3.79. The van der Waals surface area contributed by atoms with Crippen molar-refractivity contribution >= 4 is 22.5 Å². The molecule has 2 aromatic heterocycles. The SMILES string of the molecule is COCCOc1ncc(C(=O)Nc2c[nH]c3cc(F)c(F)cc23)cc1C. The number of halogens is 2. The van der Waals surface area contributed by atoms with E-state index in [0.29, 0.717) is 46.8 Å². The van der Waals surface area contributed by atoms with E-state index in [9.17, 15) is 13.6 Å². The lowest BCUT2D eigenvalue weighted by Crippen LogP contribution is -2.13. The van der Waals surface area contributed by atoms with Gasteiger partial charge in [-0.1, -0.05) is 0 Å². The molecular formula is C18H17F2N3O3. The van der Waals surface area contributed by atoms with E-state index in [1.54, 1.807) is 20.1 Å². The first-order chi connectivity index (χ1) is 12.5. The zero-order valence-corrected chi connectivity index (χ0v) is 14.2. The van der Waals surface area contributed by atoms with Crippen LogP contribution in [0.4, 0.5) is 14.5 Å². The summed E-state index contributed by atoms with van der Waals surface area (Å²) in [5.74, 6) is -1.94. The van der Waals surface area contributed by atoms with Crippen LogP contribution in [-0.2, 0) is 4.74 Å². The molecule has 1 aromatic carbocycles. The Balaban J connectivity index is 1.78. The fourth-order valence-corrected chi connectivity index (χ4v) is 2.47. The number of nitrogens with zero attached hydrogens (tertiary/aromatic N) is 1. The van der Waals surface area contributed by atoms with E-state index >= 15 is 0 Å². The molecule has 8 heteroatoms. The van der Waals surface area contributed by atoms with E-state index in [0.717, 1.165) is 12.1 Å². The molecule has 0 unspecified atom stereocenters. The van der Waals surface area contributed by atoms with Gasteiger partial charge in [0.15, 0.2) is 11.6 Å². The summed E-state index contributed by atoms with van der Waals surface area (Å²) in [6.07, 6.45) is 2.86. The number of aromatic amines is 1. The Kier molecular flexibility index (Phi) is 5.13. The third kappa shape index (κ3) is 3.65. The van der Waals surface area contributed by atoms with Crippen LogP contribution in [0.2, 0.25) is 0 Å². The number of pyridine rings is 1. The molecule has 26 heavy (non-hydrogen) atoms. The van der Waals surface area contributed by atoms with Crippen molar-refractivity contribution in [2.24, 2.45) is 0 Å². The van der Waals surface area contributed by atoms with Crippen molar-refractivity contribution in [2.45, 2.75) is 6.92 Å². The molecule has 136 valence electrons. The Morgan fingerprint density at radius 2 is 2.00 bits per heavy atom. The number of aromatic nitrogens is 2. The molecule has 0 fully saturated rings. The molecule has 1 amide bonds. The van der Waals surface area contributed by atoms with Gasteiger partial charge in [-0.25, -0.2) is 13.8 Å². The van der Waals surface area contributed by atoms with Crippen molar-refractivity contribution in [1.82, 2.24) is 9.97 Å². The summed E-state index contributed by atoms with van der Waals surface area (Å²) in [6, 6.07) is 3.71. The van der Waals surface area contributed by atoms with Gasteiger partial charge in [0.2, 0.25) is 5.88 Å². The molecule has 0 aliphatic carbocycles. The number of hydrogen-bond donors (Lipinski definition) is 2. The molecule has 0 spiro atoms. The van der Waals surface area contributed by atoms with Crippen LogP contribution in [-0.4, -0.2) is 36.2 Å². The second kappa shape index (κ2) is 7.49. The fourth-order valence-electron chi connectivity index (χ4n) is 2.47. The maximum atomic E-state index is 13.5. The lowest BCUT2D eigenvalue weighted by Gasteiger charge is -2.09. The van der Waals surface area contributed by atoms with Gasteiger partial charge in [-0.05, 0) is 19.1 Å². The number of H-pyrrole nitrogens is 1. The molecule has 0 aliphatic rings. The summed E-state index contributed by atoms with van der Waals surface area (Å²) < 4.78 is 37.1. The Bertz CT molecular complexity index is 956. The van der Waals surface area contributed by atoms with Crippen LogP contribution in [0.1, 0.15) is 15.9 Å². The van der Waals surface area contributed by atoms with Gasteiger partial charge in [0.05, 0.1) is 23.4 Å². The Labute approximate surface area is 148 Å². The van der Waals surface area contributed by atoms with Crippen molar-refractivity contribution in [3.63, 3.8) is 0 Å². The smallest absolute Gasteiger partial charge is 0.257 e. The number of nitrogens with one attached hydrogen (secondary N) is 2. The maximum Gasteiger partial charge on any atom is 0.257 e. The normalized spacial score (nSPS) is 10.9. The maximum absolute atomic E-state index is 13.5. The molecule has 2 N–H and O–H groups in total. The van der Waals surface area contributed by atoms with Crippen molar-refractivity contribution in [3.8, 4) is 5.88 Å². The number of ether oxygens (including phenoxy) is 2. The number of amides is 1. The highest BCUT2D eigenvalue weighted by atomic mass is 19.2. The van der Waals surface area contributed by atoms with Gasteiger partial charge in [0, 0.05) is 36.5 Å². The van der Waals surface area contributed by atoms with Crippen LogP contribution < -0.4 is 10.1 Å². The monoisotopic (exact) mass is 361 g/mol. The van der Waals surface area contributed by atoms with Gasteiger partial charge in [0.25, 0.3) is 5.91 Å². The lowest BCUT2D eigenvalue weighted by molar-refractivity contribution is 0.102. The number of anilines is 1. The predicted octanol–water partition coefficient (Wildman–Crippen LogP) is 3.43. The zero-order chi connectivity index (χ0) is 18.7. The number of methoxy groups -OCH3 is 1. The van der Waals surface area contributed by atoms with Crippen molar-refractivity contribution < 1.29 is 23.0 Å². The predicted molar refractivity (Wildman–Crippen MR) is 92.5 cm³/mol. The summed E-state index contributed by atoms with van der Waals surface area (Å²) in [5, 5.41) is 3.04. The largest absolute Gasteiger partial charge is 0.475 e. The average Bonchev–Trinajstić information content (AvgIpc) is 2.98. The number of fused-ring (bicyclic) bond motifs is 1. The third-order valence-electron chi connectivity index (χ3n) is 3.79. The van der Waals surface area contributed by atoms with Gasteiger partial charge < -0.3 is 19.8 Å². The van der Waals surface area contributed by atoms with Gasteiger partial charge >= 0.3 is 0 Å². The van der Waals surface area contributed by atoms with Crippen LogP contribution in [0, 0.1) is 18.6 Å². The topological polar surface area (TPSA) is 76.2 Å². The molecule has 0 saturated heterocycles. The highest BCUT2D eigenvalue weighted by Crippen LogP contribution is 2.26. The first-order valence-corrected chi connectivity index (χ1v) is 7.85. The van der Waals surface area contributed by atoms with Crippen LogP contribution in [0.5, 0.6) is 5.88 Å². The molecular weight excluding hydrogens is 344 g/mol. The highest BCUT2D eigenvalue weighted by Gasteiger charge is 2.14. The summed E-state index contributed by atoms with van der Waals surface area (Å²) in [6.45, 7) is 2.56. The molecule has 0 atom stereocenters. The molecule has 2 heterocycles. The van der Waals surface area contributed by atoms with Crippen LogP contribution >= 0.6 is 0 Å². The van der Waals surface area contributed by atoms with E-state index in [1.807, 2.05) is 0 Å². The minimum atomic E-state index is -0.984. The molecule has 6 nitrogen and oxygen atoms in total. The van der Waals surface area contributed by atoms with Gasteiger partial charge in [0.1, 0.15) is 6.61 Å². The van der Waals surface area contributed by atoms with Crippen LogP contribution in [0.15, 0.2) is 30.6 Å². The summed E-state index contributed by atoms with van der Waals surface area (Å²) in [5.41, 5.74) is 1.75. The van der Waals surface area contributed by atoms with Crippen molar-refractivity contribution in [3.05, 3.63) is 53.4 Å². The van der Waals surface area contributed by atoms with Crippen LogP contribution in [0.3, 0.4) is 0 Å². The van der Waals surface area contributed by atoms with Gasteiger partial charge in [-0.15, -0.1) is 0 Å². The lowest BCUT2D eigenvalue weighted by atomic mass is 10.2. The minimum Gasteiger partial charge on any atom is -0.475 e. The van der Waals surface area contributed by atoms with Crippen LogP contribution in [0.25, 0.3) is 10.9 Å². The molecule has 0 bridgehead atoms. The second-order valence-corrected chi connectivity index (χ2v) is 5.66. The number of carbonyl (C=O) groups excluding carboxylic acids is 1. The van der Waals surface area contributed by atoms with E-state index in [2.05, 4.69) is 15.3 Å². The standard InChI is InChI=1S/C18H17F2N3O3/c1-10-5-11(8-22-18(10)26-4-3-25-2)17(24)23-16-9-21-15-7-14(20)13(19)6-12(15)16/h5-9,21H,3-4H2,1-2H3,(H,23,24). The Morgan fingerprint density at radius 1 is 1.23 bits per heavy atom. The quantitative estimate of drug-likeness (QED) is 0.660. The number of rotatable bonds is 6. The molecule has 0 saturated carbocycles. The fraction of sp³-hybridized carbons (Fsp3) is 0.222. The molecule has 0 aliphatic heterocycles. The van der Waals surface area contributed by atoms with E-state index in [1.165, 1.54) is 12.4 Å². The summed E-state index contributed by atoms with van der Waals surface area (Å²) in [7, 11) is 1.57. The number of carbonyl (C=O) groups is 1. The highest BCUT2D eigenvalue weighted by molar-refractivity contribution is 6.08. The minimum absolute atomic E-state index is 0.318. The first-order valence-electron chi connectivity index (χ1n) is 7.85. The van der Waals surface area contributed by atoms with Gasteiger partial charge in [-0.3, -0.25) is 4.79 Å². The summed E-state index contributed by atoms with van der Waals surface area (Å²) >= 11 is 0. The number of hydrogen-bond acceptors (Lipinski definition) is 4. The average molecular weight is 361 g/mol. The molecule has 0 radical (unpaired) electrons. The van der Waals surface area contributed by atoms with E-state index in [-0.39, 0.29) is 0 Å². The summed E-state index contributed by atoms with van der Waals surface area (Å²) in [4.78, 5) is 19.4. The first kappa shape index (κ1) is 17.8. The van der Waals surface area contributed by atoms with Crippen molar-refractivity contribution in [1.29, 1.82) is 0 Å². The number of benzene rings is 1. The van der Waals surface area contributed by atoms with Gasteiger partial charge in [-0.2, -0.15) is 0 Å². The molecule has 3 aromatic rings. The second-order valence-electron chi connectivity index (χ2n) is 5.66. The number of aryl methyl sites for hydroxylation is 1.